The topological polar surface area (TPSA) is 41.9 Å². The quantitative estimate of drug-likeness (QED) is 0.660. The molecule has 3 aromatic rings. The fourth-order valence-electron chi connectivity index (χ4n) is 2.49. The number of aromatic nitrogens is 3. The van der Waals surface area contributed by atoms with Crippen LogP contribution in [0.3, 0.4) is 0 Å². The molecule has 0 saturated heterocycles. The molecule has 5 heteroatoms. The normalized spacial score (nSPS) is 11.0. The molecule has 3 rings (SSSR count). The molecule has 0 bridgehead atoms. The van der Waals surface area contributed by atoms with E-state index in [4.69, 9.17) is 4.98 Å². The van der Waals surface area contributed by atoms with Crippen molar-refractivity contribution in [1.29, 1.82) is 0 Å². The fraction of sp³-hybridized carbons (Fsp3) is 0.316. The lowest BCUT2D eigenvalue weighted by atomic mass is 10.1. The van der Waals surface area contributed by atoms with E-state index in [0.717, 1.165) is 24.0 Å². The van der Waals surface area contributed by atoms with E-state index in [9.17, 15) is 0 Å². The van der Waals surface area contributed by atoms with Crippen LogP contribution in [-0.4, -0.2) is 14.3 Å². The van der Waals surface area contributed by atoms with E-state index in [1.54, 1.807) is 6.20 Å². The maximum Gasteiger partial charge on any atom is 0.205 e. The van der Waals surface area contributed by atoms with Crippen molar-refractivity contribution in [2.45, 2.75) is 39.8 Å². The van der Waals surface area contributed by atoms with Crippen molar-refractivity contribution in [3.8, 4) is 0 Å². The summed E-state index contributed by atoms with van der Waals surface area (Å²) in [5.41, 5.74) is 3.78. The number of pyridine rings is 1. The molecule has 0 N–H and O–H groups in total. The van der Waals surface area contributed by atoms with Gasteiger partial charge in [0.1, 0.15) is 5.82 Å². The minimum Gasteiger partial charge on any atom is -0.338 e. The lowest BCUT2D eigenvalue weighted by molar-refractivity contribution is 0.763. The Bertz CT molecular complexity index is 783. The molecule has 0 aliphatic heterocycles. The van der Waals surface area contributed by atoms with Gasteiger partial charge in [0, 0.05) is 42.9 Å². The van der Waals surface area contributed by atoms with Crippen LogP contribution in [0.2, 0.25) is 0 Å². The highest BCUT2D eigenvalue weighted by Gasteiger charge is 2.16. The van der Waals surface area contributed by atoms with E-state index in [1.165, 1.54) is 28.2 Å². The third kappa shape index (κ3) is 3.97. The molecule has 0 spiro atoms. The standard InChI is InChI=1S/C19H22N4S/c1-14(2)18-21-19(24-22-18)23(12-16-8-6-10-20-11-16)13-17-9-5-4-7-15(17)3/h4-11,14H,12-13H2,1-3H3. The lowest BCUT2D eigenvalue weighted by Gasteiger charge is -2.22. The first kappa shape index (κ1) is 16.6. The summed E-state index contributed by atoms with van der Waals surface area (Å²) in [5.74, 6) is 1.25. The number of aryl methyl sites for hydroxylation is 1. The third-order valence-electron chi connectivity index (χ3n) is 3.94. The van der Waals surface area contributed by atoms with Crippen LogP contribution < -0.4 is 4.90 Å². The van der Waals surface area contributed by atoms with Crippen molar-refractivity contribution in [3.05, 3.63) is 71.3 Å². The Morgan fingerprint density at radius 3 is 2.58 bits per heavy atom. The van der Waals surface area contributed by atoms with Crippen molar-refractivity contribution in [2.75, 3.05) is 4.90 Å². The third-order valence-corrected chi connectivity index (χ3v) is 4.73. The van der Waals surface area contributed by atoms with Gasteiger partial charge >= 0.3 is 0 Å². The largest absolute Gasteiger partial charge is 0.338 e. The Morgan fingerprint density at radius 2 is 1.92 bits per heavy atom. The molecule has 0 atom stereocenters. The molecular formula is C19H22N4S. The average Bonchev–Trinajstić information content (AvgIpc) is 3.07. The summed E-state index contributed by atoms with van der Waals surface area (Å²) in [6.07, 6.45) is 3.71. The van der Waals surface area contributed by atoms with E-state index < -0.39 is 0 Å². The van der Waals surface area contributed by atoms with E-state index in [1.807, 2.05) is 12.3 Å². The highest BCUT2D eigenvalue weighted by Crippen LogP contribution is 2.25. The van der Waals surface area contributed by atoms with Gasteiger partial charge in [0.2, 0.25) is 5.13 Å². The lowest BCUT2D eigenvalue weighted by Crippen LogP contribution is -2.22. The molecule has 1 aromatic carbocycles. The zero-order valence-corrected chi connectivity index (χ0v) is 15.1. The van der Waals surface area contributed by atoms with Crippen LogP contribution in [0.25, 0.3) is 0 Å². The van der Waals surface area contributed by atoms with Crippen molar-refractivity contribution >= 4 is 16.7 Å². The summed E-state index contributed by atoms with van der Waals surface area (Å²) in [6.45, 7) is 7.98. The minimum absolute atomic E-state index is 0.341. The first-order valence-corrected chi connectivity index (χ1v) is 8.93. The first-order valence-electron chi connectivity index (χ1n) is 8.15. The Balaban J connectivity index is 1.89. The number of rotatable bonds is 6. The summed E-state index contributed by atoms with van der Waals surface area (Å²) >= 11 is 1.47. The second kappa shape index (κ2) is 7.53. The van der Waals surface area contributed by atoms with E-state index >= 15 is 0 Å². The van der Waals surface area contributed by atoms with Crippen LogP contribution in [0.15, 0.2) is 48.8 Å². The van der Waals surface area contributed by atoms with Gasteiger partial charge in [-0.3, -0.25) is 4.98 Å². The van der Waals surface area contributed by atoms with Crippen LogP contribution in [0.5, 0.6) is 0 Å². The van der Waals surface area contributed by atoms with Gasteiger partial charge in [0.05, 0.1) is 0 Å². The van der Waals surface area contributed by atoms with Gasteiger partial charge in [-0.1, -0.05) is 44.2 Å². The number of hydrogen-bond acceptors (Lipinski definition) is 5. The summed E-state index contributed by atoms with van der Waals surface area (Å²) in [5, 5.41) is 0.964. The predicted octanol–water partition coefficient (Wildman–Crippen LogP) is 4.57. The predicted molar refractivity (Wildman–Crippen MR) is 99.3 cm³/mol. The van der Waals surface area contributed by atoms with Crippen LogP contribution in [0, 0.1) is 6.92 Å². The second-order valence-corrected chi connectivity index (χ2v) is 6.96. The summed E-state index contributed by atoms with van der Waals surface area (Å²) in [7, 11) is 0. The first-order chi connectivity index (χ1) is 11.6. The van der Waals surface area contributed by atoms with Crippen molar-refractivity contribution in [1.82, 2.24) is 14.3 Å². The molecule has 4 nitrogen and oxygen atoms in total. The Kier molecular flexibility index (Phi) is 5.20. The van der Waals surface area contributed by atoms with Gasteiger partial charge in [0.15, 0.2) is 0 Å². The van der Waals surface area contributed by atoms with Crippen LogP contribution in [-0.2, 0) is 13.1 Å². The molecule has 2 heterocycles. The molecule has 0 amide bonds. The molecule has 2 aromatic heterocycles. The SMILES string of the molecule is Cc1ccccc1CN(Cc1cccnc1)c1nc(C(C)C)ns1. The Labute approximate surface area is 147 Å². The van der Waals surface area contributed by atoms with Crippen LogP contribution in [0.4, 0.5) is 5.13 Å². The highest BCUT2D eigenvalue weighted by atomic mass is 32.1. The molecule has 0 unspecified atom stereocenters. The maximum atomic E-state index is 4.75. The van der Waals surface area contributed by atoms with E-state index in [2.05, 4.69) is 65.4 Å². The number of anilines is 1. The number of benzene rings is 1. The molecular weight excluding hydrogens is 316 g/mol. The van der Waals surface area contributed by atoms with E-state index in [0.29, 0.717) is 5.92 Å². The summed E-state index contributed by atoms with van der Waals surface area (Å²) in [6, 6.07) is 12.6. The fourth-order valence-corrected chi connectivity index (χ4v) is 3.29. The number of hydrogen-bond donors (Lipinski definition) is 0. The molecule has 0 fully saturated rings. The van der Waals surface area contributed by atoms with Crippen molar-refractivity contribution < 1.29 is 0 Å². The van der Waals surface area contributed by atoms with Gasteiger partial charge in [-0.15, -0.1) is 0 Å². The van der Waals surface area contributed by atoms with Crippen molar-refractivity contribution in [3.63, 3.8) is 0 Å². The molecule has 24 heavy (non-hydrogen) atoms. The van der Waals surface area contributed by atoms with Gasteiger partial charge in [-0.05, 0) is 29.7 Å². The monoisotopic (exact) mass is 338 g/mol. The molecule has 0 aliphatic rings. The van der Waals surface area contributed by atoms with E-state index in [-0.39, 0.29) is 0 Å². The minimum atomic E-state index is 0.341. The zero-order chi connectivity index (χ0) is 16.9. The summed E-state index contributed by atoms with van der Waals surface area (Å²) in [4.78, 5) is 11.3. The molecule has 0 aliphatic carbocycles. The average molecular weight is 338 g/mol. The van der Waals surface area contributed by atoms with Crippen molar-refractivity contribution in [2.24, 2.45) is 0 Å². The van der Waals surface area contributed by atoms with Gasteiger partial charge in [-0.2, -0.15) is 4.37 Å². The smallest absolute Gasteiger partial charge is 0.205 e. The van der Waals surface area contributed by atoms with Gasteiger partial charge < -0.3 is 4.90 Å². The maximum absolute atomic E-state index is 4.75. The molecule has 124 valence electrons. The van der Waals surface area contributed by atoms with Crippen LogP contribution >= 0.6 is 11.5 Å². The Hall–Kier alpha value is -2.27. The number of nitrogens with zero attached hydrogens (tertiary/aromatic N) is 4. The highest BCUT2D eigenvalue weighted by molar-refractivity contribution is 7.09. The molecule has 0 radical (unpaired) electrons. The molecule has 0 saturated carbocycles. The van der Waals surface area contributed by atoms with Crippen LogP contribution in [0.1, 0.15) is 42.3 Å². The van der Waals surface area contributed by atoms with Gasteiger partial charge in [-0.25, -0.2) is 4.98 Å². The summed E-state index contributed by atoms with van der Waals surface area (Å²) < 4.78 is 4.52. The zero-order valence-electron chi connectivity index (χ0n) is 14.3. The second-order valence-electron chi connectivity index (χ2n) is 6.23. The Morgan fingerprint density at radius 1 is 1.08 bits per heavy atom. The van der Waals surface area contributed by atoms with Gasteiger partial charge in [0.25, 0.3) is 0 Å².